The number of rotatable bonds is 5. The highest BCUT2D eigenvalue weighted by Crippen LogP contribution is 2.31. The number of hydrogen-bond acceptors (Lipinski definition) is 5. The third kappa shape index (κ3) is 4.53. The molecule has 0 saturated heterocycles. The molecule has 0 aliphatic rings. The summed E-state index contributed by atoms with van der Waals surface area (Å²) in [6.07, 6.45) is 1.46. The summed E-state index contributed by atoms with van der Waals surface area (Å²) in [5.74, 6) is -0.233. The van der Waals surface area contributed by atoms with Crippen LogP contribution in [0.25, 0.3) is 0 Å². The van der Waals surface area contributed by atoms with Crippen LogP contribution in [0.1, 0.15) is 10.4 Å². The third-order valence-electron chi connectivity index (χ3n) is 3.45. The minimum absolute atomic E-state index is 0.117. The van der Waals surface area contributed by atoms with Gasteiger partial charge >= 0.3 is 0 Å². The lowest BCUT2D eigenvalue weighted by atomic mass is 10.2. The lowest BCUT2D eigenvalue weighted by molar-refractivity contribution is 0.0960. The van der Waals surface area contributed by atoms with Crippen LogP contribution in [0.3, 0.4) is 0 Å². The van der Waals surface area contributed by atoms with Gasteiger partial charge < -0.3 is 15.4 Å². The first kappa shape index (κ1) is 19.1. The summed E-state index contributed by atoms with van der Waals surface area (Å²) >= 11 is 9.06. The van der Waals surface area contributed by atoms with Gasteiger partial charge in [0.05, 0.1) is 21.9 Å². The molecule has 1 amide bonds. The smallest absolute Gasteiger partial charge is 0.254 e. The fraction of sp³-hybridized carbons (Fsp3) is 0.0556. The van der Waals surface area contributed by atoms with Crippen LogP contribution in [0.2, 0.25) is 5.02 Å². The van der Waals surface area contributed by atoms with Crippen LogP contribution >= 0.6 is 27.5 Å². The highest BCUT2D eigenvalue weighted by Gasteiger charge is 2.15. The Morgan fingerprint density at radius 1 is 1.26 bits per heavy atom. The molecular weight excluding hydrogens is 439 g/mol. The van der Waals surface area contributed by atoms with Crippen LogP contribution in [0, 0.1) is 5.82 Å². The molecule has 0 fully saturated rings. The molecule has 1 heterocycles. The second-order valence-corrected chi connectivity index (χ2v) is 6.56. The molecule has 0 radical (unpaired) electrons. The first-order valence-corrected chi connectivity index (χ1v) is 8.88. The summed E-state index contributed by atoms with van der Waals surface area (Å²) < 4.78 is 20.2. The number of ether oxygens (including phenoxy) is 1. The number of hydrogen-bond donors (Lipinski definition) is 2. The normalized spacial score (nSPS) is 10.4. The van der Waals surface area contributed by atoms with Crippen LogP contribution < -0.4 is 15.4 Å². The Bertz CT molecular complexity index is 1000. The van der Waals surface area contributed by atoms with Gasteiger partial charge in [-0.1, -0.05) is 23.7 Å². The molecular formula is C18H13BrClFN4O2. The topological polar surface area (TPSA) is 76.1 Å². The number of carbonyl (C=O) groups excluding carboxylic acids is 1. The van der Waals surface area contributed by atoms with E-state index in [1.807, 2.05) is 0 Å². The summed E-state index contributed by atoms with van der Waals surface area (Å²) in [6, 6.07) is 10.9. The van der Waals surface area contributed by atoms with E-state index in [-0.39, 0.29) is 28.4 Å². The number of nitrogens with zero attached hydrogens (tertiary/aromatic N) is 2. The van der Waals surface area contributed by atoms with Gasteiger partial charge in [-0.05, 0) is 46.3 Å². The zero-order valence-corrected chi connectivity index (χ0v) is 16.3. The molecule has 0 bridgehead atoms. The fourth-order valence-electron chi connectivity index (χ4n) is 2.18. The Labute approximate surface area is 167 Å². The van der Waals surface area contributed by atoms with Gasteiger partial charge in [0.1, 0.15) is 11.6 Å². The van der Waals surface area contributed by atoms with Crippen molar-refractivity contribution in [2.24, 2.45) is 0 Å². The second kappa shape index (κ2) is 8.32. The minimum atomic E-state index is -0.540. The molecule has 3 aromatic rings. The van der Waals surface area contributed by atoms with Crippen molar-refractivity contribution >= 4 is 45.1 Å². The van der Waals surface area contributed by atoms with Crippen molar-refractivity contribution < 1.29 is 13.9 Å². The van der Waals surface area contributed by atoms with Gasteiger partial charge in [-0.2, -0.15) is 4.98 Å². The Morgan fingerprint density at radius 3 is 2.78 bits per heavy atom. The van der Waals surface area contributed by atoms with E-state index in [0.29, 0.717) is 15.8 Å². The fourth-order valence-corrected chi connectivity index (χ4v) is 2.61. The molecule has 0 aliphatic carbocycles. The maximum atomic E-state index is 14.0. The van der Waals surface area contributed by atoms with Crippen LogP contribution in [0.15, 0.2) is 53.1 Å². The van der Waals surface area contributed by atoms with Gasteiger partial charge in [0, 0.05) is 12.1 Å². The van der Waals surface area contributed by atoms with Crippen molar-refractivity contribution in [1.82, 2.24) is 15.3 Å². The molecule has 0 saturated carbocycles. The van der Waals surface area contributed by atoms with E-state index in [4.69, 9.17) is 16.3 Å². The van der Waals surface area contributed by atoms with Crippen LogP contribution in [0.4, 0.5) is 16.0 Å². The monoisotopic (exact) mass is 450 g/mol. The largest absolute Gasteiger partial charge is 0.437 e. The van der Waals surface area contributed by atoms with Crippen molar-refractivity contribution in [1.29, 1.82) is 0 Å². The Kier molecular flexibility index (Phi) is 5.88. The average Bonchev–Trinajstić information content (AvgIpc) is 2.66. The number of anilines is 2. The molecule has 2 N–H and O–H groups in total. The molecule has 2 aromatic carbocycles. The quantitative estimate of drug-likeness (QED) is 0.575. The molecule has 0 unspecified atom stereocenters. The Hall–Kier alpha value is -2.71. The number of aromatic nitrogens is 2. The van der Waals surface area contributed by atoms with Crippen molar-refractivity contribution in [3.8, 4) is 11.6 Å². The molecule has 138 valence electrons. The Balaban J connectivity index is 1.89. The van der Waals surface area contributed by atoms with Gasteiger partial charge in [0.2, 0.25) is 11.8 Å². The van der Waals surface area contributed by atoms with Gasteiger partial charge in [-0.25, -0.2) is 9.37 Å². The minimum Gasteiger partial charge on any atom is -0.437 e. The lowest BCUT2D eigenvalue weighted by Gasteiger charge is -2.12. The first-order chi connectivity index (χ1) is 13.0. The molecule has 0 spiro atoms. The third-order valence-corrected chi connectivity index (χ3v) is 4.23. The molecule has 6 nitrogen and oxygen atoms in total. The summed E-state index contributed by atoms with van der Waals surface area (Å²) in [5.41, 5.74) is 0.516. The summed E-state index contributed by atoms with van der Waals surface area (Å²) in [7, 11) is 1.53. The van der Waals surface area contributed by atoms with Gasteiger partial charge in [0.25, 0.3) is 5.91 Å². The molecule has 27 heavy (non-hydrogen) atoms. The van der Waals surface area contributed by atoms with E-state index < -0.39 is 5.82 Å². The van der Waals surface area contributed by atoms with E-state index in [2.05, 4.69) is 36.5 Å². The molecule has 9 heteroatoms. The molecule has 0 atom stereocenters. The van der Waals surface area contributed by atoms with E-state index in [0.717, 1.165) is 0 Å². The maximum absolute atomic E-state index is 14.0. The van der Waals surface area contributed by atoms with Crippen LogP contribution in [0.5, 0.6) is 11.6 Å². The van der Waals surface area contributed by atoms with Crippen LogP contribution in [-0.4, -0.2) is 22.9 Å². The molecule has 3 rings (SSSR count). The highest BCUT2D eigenvalue weighted by molar-refractivity contribution is 9.10. The standard InChI is InChI=1S/C18H13BrClFN4O2/c1-22-16(26)11-4-2-3-5-15(11)27-17-12(19)9-23-18(25-17)24-14-7-6-10(20)8-13(14)21/h2-9H,1H3,(H,22,26)(H,23,24,25). The van der Waals surface area contributed by atoms with Gasteiger partial charge in [-0.15, -0.1) is 0 Å². The second-order valence-electron chi connectivity index (χ2n) is 5.27. The van der Waals surface area contributed by atoms with Crippen molar-refractivity contribution in [2.45, 2.75) is 0 Å². The number of amides is 1. The Morgan fingerprint density at radius 2 is 2.04 bits per heavy atom. The summed E-state index contributed by atoms with van der Waals surface area (Å²) in [6.45, 7) is 0. The van der Waals surface area contributed by atoms with E-state index >= 15 is 0 Å². The van der Waals surface area contributed by atoms with Crippen molar-refractivity contribution in [3.05, 3.63) is 69.5 Å². The van der Waals surface area contributed by atoms with E-state index in [1.165, 1.54) is 25.4 Å². The number of para-hydroxylation sites is 1. The first-order valence-electron chi connectivity index (χ1n) is 7.71. The summed E-state index contributed by atoms with van der Waals surface area (Å²) in [5, 5.41) is 5.60. The summed E-state index contributed by atoms with van der Waals surface area (Å²) in [4.78, 5) is 20.3. The average molecular weight is 452 g/mol. The molecule has 1 aromatic heterocycles. The predicted molar refractivity (Wildman–Crippen MR) is 104 cm³/mol. The van der Waals surface area contributed by atoms with Gasteiger partial charge in [-0.3, -0.25) is 4.79 Å². The molecule has 0 aliphatic heterocycles. The lowest BCUT2D eigenvalue weighted by Crippen LogP contribution is -2.18. The maximum Gasteiger partial charge on any atom is 0.254 e. The number of halogens is 3. The predicted octanol–water partition coefficient (Wildman–Crippen LogP) is 4.93. The number of nitrogens with one attached hydrogen (secondary N) is 2. The van der Waals surface area contributed by atoms with Gasteiger partial charge in [0.15, 0.2) is 0 Å². The number of benzene rings is 2. The SMILES string of the molecule is CNC(=O)c1ccccc1Oc1nc(Nc2ccc(Cl)cc2F)ncc1Br. The van der Waals surface area contributed by atoms with Crippen molar-refractivity contribution in [3.63, 3.8) is 0 Å². The van der Waals surface area contributed by atoms with Crippen molar-refractivity contribution in [2.75, 3.05) is 12.4 Å². The zero-order valence-electron chi connectivity index (χ0n) is 14.0. The zero-order chi connectivity index (χ0) is 19.4. The van der Waals surface area contributed by atoms with Crippen LogP contribution in [-0.2, 0) is 0 Å². The number of carbonyl (C=O) groups is 1. The van der Waals surface area contributed by atoms with E-state index in [1.54, 1.807) is 30.3 Å². The highest BCUT2D eigenvalue weighted by atomic mass is 79.9. The van der Waals surface area contributed by atoms with E-state index in [9.17, 15) is 9.18 Å².